The van der Waals surface area contributed by atoms with E-state index in [0.29, 0.717) is 11.8 Å². The number of nitrogens with one attached hydrogen (secondary N) is 1. The van der Waals surface area contributed by atoms with E-state index in [1.54, 1.807) is 18.2 Å². The number of rotatable bonds is 7. The van der Waals surface area contributed by atoms with Crippen LogP contribution in [0.15, 0.2) is 72.8 Å². The van der Waals surface area contributed by atoms with Crippen LogP contribution in [-0.2, 0) is 16.1 Å². The van der Waals surface area contributed by atoms with Crippen molar-refractivity contribution in [3.05, 3.63) is 95.6 Å². The zero-order chi connectivity index (χ0) is 21.5. The smallest absolute Gasteiger partial charge is 0.342 e. The van der Waals surface area contributed by atoms with Crippen molar-refractivity contribution in [3.8, 4) is 5.75 Å². The maximum absolute atomic E-state index is 13.7. The van der Waals surface area contributed by atoms with Crippen LogP contribution in [0.1, 0.15) is 22.8 Å². The number of amides is 1. The van der Waals surface area contributed by atoms with Gasteiger partial charge in [0, 0.05) is 6.07 Å². The minimum Gasteiger partial charge on any atom is -0.488 e. The predicted molar refractivity (Wildman–Crippen MR) is 107 cm³/mol. The maximum Gasteiger partial charge on any atom is 0.342 e. The molecule has 1 amide bonds. The minimum absolute atomic E-state index is 0.154. The van der Waals surface area contributed by atoms with Crippen LogP contribution in [-0.4, -0.2) is 18.0 Å². The summed E-state index contributed by atoms with van der Waals surface area (Å²) in [6.45, 7) is 1.60. The third kappa shape index (κ3) is 5.41. The highest BCUT2D eigenvalue weighted by Crippen LogP contribution is 2.21. The normalized spacial score (nSPS) is 11.4. The highest BCUT2D eigenvalue weighted by Gasteiger charge is 2.22. The summed E-state index contributed by atoms with van der Waals surface area (Å²) in [6, 6.07) is 18.7. The van der Waals surface area contributed by atoms with Gasteiger partial charge >= 0.3 is 5.97 Å². The molecule has 5 nitrogen and oxygen atoms in total. The second kappa shape index (κ2) is 9.65. The van der Waals surface area contributed by atoms with Gasteiger partial charge in [0.15, 0.2) is 6.10 Å². The Hall–Kier alpha value is -3.74. The number of para-hydroxylation sites is 1. The van der Waals surface area contributed by atoms with Crippen LogP contribution < -0.4 is 10.1 Å². The zero-order valence-corrected chi connectivity index (χ0v) is 16.1. The first-order valence-corrected chi connectivity index (χ1v) is 9.16. The molecule has 0 radical (unpaired) electrons. The van der Waals surface area contributed by atoms with Crippen molar-refractivity contribution in [1.29, 1.82) is 0 Å². The summed E-state index contributed by atoms with van der Waals surface area (Å²) in [5.41, 5.74) is 0.867. The molecule has 0 fully saturated rings. The Labute approximate surface area is 172 Å². The summed E-state index contributed by atoms with van der Waals surface area (Å²) >= 11 is 0. The lowest BCUT2D eigenvalue weighted by atomic mass is 10.2. The molecular formula is C23H19F2NO4. The average molecular weight is 411 g/mol. The second-order valence-corrected chi connectivity index (χ2v) is 6.43. The van der Waals surface area contributed by atoms with Crippen molar-refractivity contribution in [2.75, 3.05) is 5.32 Å². The van der Waals surface area contributed by atoms with Crippen molar-refractivity contribution < 1.29 is 27.8 Å². The Morgan fingerprint density at radius 1 is 0.967 bits per heavy atom. The van der Waals surface area contributed by atoms with Gasteiger partial charge in [0.1, 0.15) is 29.6 Å². The molecule has 3 aromatic carbocycles. The Morgan fingerprint density at radius 2 is 1.67 bits per heavy atom. The molecule has 7 heteroatoms. The van der Waals surface area contributed by atoms with Gasteiger partial charge in [0.05, 0.1) is 5.69 Å². The summed E-state index contributed by atoms with van der Waals surface area (Å²) in [7, 11) is 0. The highest BCUT2D eigenvalue weighted by molar-refractivity contribution is 5.98. The number of benzene rings is 3. The van der Waals surface area contributed by atoms with Crippen molar-refractivity contribution in [1.82, 2.24) is 0 Å². The van der Waals surface area contributed by atoms with E-state index in [4.69, 9.17) is 9.47 Å². The number of carbonyl (C=O) groups excluding carboxylic acids is 2. The summed E-state index contributed by atoms with van der Waals surface area (Å²) < 4.78 is 37.6. The number of anilines is 1. The lowest BCUT2D eigenvalue weighted by molar-refractivity contribution is -0.123. The lowest BCUT2D eigenvalue weighted by Crippen LogP contribution is -2.30. The van der Waals surface area contributed by atoms with E-state index in [9.17, 15) is 18.4 Å². The Morgan fingerprint density at radius 3 is 2.40 bits per heavy atom. The minimum atomic E-state index is -1.22. The van der Waals surface area contributed by atoms with Gasteiger partial charge < -0.3 is 14.8 Å². The predicted octanol–water partition coefficient (Wildman–Crippen LogP) is 4.73. The molecule has 0 aromatic heterocycles. The molecule has 154 valence electrons. The SMILES string of the molecule is CC(OC(=O)c1ccccc1OCc1ccccc1)C(=O)Nc1ccc(F)cc1F. The third-order valence-electron chi connectivity index (χ3n) is 4.19. The Balaban J connectivity index is 1.64. The monoisotopic (exact) mass is 411 g/mol. The number of ether oxygens (including phenoxy) is 2. The van der Waals surface area contributed by atoms with Crippen LogP contribution >= 0.6 is 0 Å². The fourth-order valence-electron chi connectivity index (χ4n) is 2.60. The topological polar surface area (TPSA) is 64.6 Å². The maximum atomic E-state index is 13.7. The molecule has 0 heterocycles. The van der Waals surface area contributed by atoms with Crippen molar-refractivity contribution in [3.63, 3.8) is 0 Å². The number of hydrogen-bond acceptors (Lipinski definition) is 4. The highest BCUT2D eigenvalue weighted by atomic mass is 19.1. The molecule has 0 saturated heterocycles. The van der Waals surface area contributed by atoms with Gasteiger partial charge in [-0.05, 0) is 36.8 Å². The number of carbonyl (C=O) groups is 2. The molecule has 0 aliphatic heterocycles. The molecule has 3 rings (SSSR count). The lowest BCUT2D eigenvalue weighted by Gasteiger charge is -2.16. The zero-order valence-electron chi connectivity index (χ0n) is 16.1. The van der Waals surface area contributed by atoms with E-state index in [2.05, 4.69) is 5.32 Å². The Bertz CT molecular complexity index is 1040. The van der Waals surface area contributed by atoms with Crippen molar-refractivity contribution in [2.45, 2.75) is 19.6 Å². The van der Waals surface area contributed by atoms with Gasteiger partial charge in [-0.1, -0.05) is 42.5 Å². The van der Waals surface area contributed by atoms with E-state index in [0.717, 1.165) is 17.7 Å². The van der Waals surface area contributed by atoms with Gasteiger partial charge in [-0.3, -0.25) is 4.79 Å². The molecule has 1 N–H and O–H groups in total. The third-order valence-corrected chi connectivity index (χ3v) is 4.19. The van der Waals surface area contributed by atoms with E-state index < -0.39 is 29.6 Å². The first kappa shape index (κ1) is 21.0. The fraction of sp³-hybridized carbons (Fsp3) is 0.130. The molecule has 0 spiro atoms. The fourth-order valence-corrected chi connectivity index (χ4v) is 2.60. The van der Waals surface area contributed by atoms with Gasteiger partial charge in [-0.25, -0.2) is 13.6 Å². The van der Waals surface area contributed by atoms with Gasteiger partial charge in [-0.15, -0.1) is 0 Å². The molecule has 1 atom stereocenters. The average Bonchev–Trinajstić information content (AvgIpc) is 2.75. The van der Waals surface area contributed by atoms with E-state index >= 15 is 0 Å². The molecule has 0 bridgehead atoms. The molecule has 0 aliphatic carbocycles. The summed E-state index contributed by atoms with van der Waals surface area (Å²) in [4.78, 5) is 24.8. The van der Waals surface area contributed by atoms with Crippen molar-refractivity contribution >= 4 is 17.6 Å². The molecule has 3 aromatic rings. The van der Waals surface area contributed by atoms with Crippen LogP contribution in [0, 0.1) is 11.6 Å². The van der Waals surface area contributed by atoms with Crippen molar-refractivity contribution in [2.24, 2.45) is 0 Å². The van der Waals surface area contributed by atoms with Crippen LogP contribution in [0.5, 0.6) is 5.75 Å². The largest absolute Gasteiger partial charge is 0.488 e. The van der Waals surface area contributed by atoms with E-state index in [1.165, 1.54) is 13.0 Å². The van der Waals surface area contributed by atoms with Gasteiger partial charge in [0.2, 0.25) is 0 Å². The van der Waals surface area contributed by atoms with Crippen LogP contribution in [0.4, 0.5) is 14.5 Å². The quantitative estimate of drug-likeness (QED) is 0.571. The molecule has 0 saturated carbocycles. The first-order chi connectivity index (χ1) is 14.4. The summed E-state index contributed by atoms with van der Waals surface area (Å²) in [6.07, 6.45) is -1.22. The van der Waals surface area contributed by atoms with Crippen LogP contribution in [0.25, 0.3) is 0 Å². The number of hydrogen-bond donors (Lipinski definition) is 1. The molecule has 0 aliphatic rings. The number of halogens is 2. The van der Waals surface area contributed by atoms with Gasteiger partial charge in [-0.2, -0.15) is 0 Å². The molecular weight excluding hydrogens is 392 g/mol. The summed E-state index contributed by atoms with van der Waals surface area (Å²) in [5, 5.41) is 2.27. The van der Waals surface area contributed by atoms with E-state index in [-0.39, 0.29) is 17.9 Å². The van der Waals surface area contributed by atoms with Gasteiger partial charge in [0.25, 0.3) is 5.91 Å². The molecule has 1 unspecified atom stereocenters. The second-order valence-electron chi connectivity index (χ2n) is 6.43. The Kier molecular flexibility index (Phi) is 6.75. The van der Waals surface area contributed by atoms with Crippen LogP contribution in [0.2, 0.25) is 0 Å². The molecule has 30 heavy (non-hydrogen) atoms. The standard InChI is InChI=1S/C23H19F2NO4/c1-15(22(27)26-20-12-11-17(24)13-19(20)25)30-23(28)18-9-5-6-10-21(18)29-14-16-7-3-2-4-8-16/h2-13,15H,14H2,1H3,(H,26,27). The van der Waals surface area contributed by atoms with E-state index in [1.807, 2.05) is 30.3 Å². The van der Waals surface area contributed by atoms with Crippen LogP contribution in [0.3, 0.4) is 0 Å². The summed E-state index contributed by atoms with van der Waals surface area (Å²) in [5.74, 6) is -2.90. The first-order valence-electron chi connectivity index (χ1n) is 9.16. The number of esters is 1.